The molecule has 1 aliphatic rings. The summed E-state index contributed by atoms with van der Waals surface area (Å²) in [5.41, 5.74) is 3.57. The molecular weight excluding hydrogens is 366 g/mol. The van der Waals surface area contributed by atoms with Gasteiger partial charge in [-0.15, -0.1) is 0 Å². The summed E-state index contributed by atoms with van der Waals surface area (Å²) < 4.78 is 30.8. The molecule has 28 heavy (non-hydrogen) atoms. The largest absolute Gasteiger partial charge is 0.435 e. The van der Waals surface area contributed by atoms with Gasteiger partial charge in [0.25, 0.3) is 5.91 Å². The molecule has 3 heterocycles. The van der Waals surface area contributed by atoms with Crippen LogP contribution < -0.4 is 9.64 Å². The molecule has 0 radical (unpaired) electrons. The first-order chi connectivity index (χ1) is 13.4. The van der Waals surface area contributed by atoms with Crippen LogP contribution in [0.25, 0.3) is 11.1 Å². The van der Waals surface area contributed by atoms with Crippen LogP contribution in [0.3, 0.4) is 0 Å². The lowest BCUT2D eigenvalue weighted by atomic mass is 10.0. The quantitative estimate of drug-likeness (QED) is 0.680. The van der Waals surface area contributed by atoms with E-state index >= 15 is 0 Å². The number of carbonyl (C=O) groups is 1. The Labute approximate surface area is 160 Å². The number of pyridine rings is 1. The molecule has 1 atom stereocenters. The normalized spacial score (nSPS) is 16.4. The Hall–Kier alpha value is -3.29. The highest BCUT2D eigenvalue weighted by molar-refractivity contribution is 6.09. The SMILES string of the molecule is Cc1cc(-c2cnn3c2C(=O)N(c2ccc(OC(F)F)cc2)CC3C)ccn1. The van der Waals surface area contributed by atoms with Crippen LogP contribution in [0.1, 0.15) is 29.1 Å². The lowest BCUT2D eigenvalue weighted by Gasteiger charge is -2.32. The lowest BCUT2D eigenvalue weighted by molar-refractivity contribution is -0.0498. The van der Waals surface area contributed by atoms with Gasteiger partial charge in [-0.1, -0.05) is 0 Å². The molecular formula is C20H18F2N4O2. The third-order valence-corrected chi connectivity index (χ3v) is 4.69. The fraction of sp³-hybridized carbons (Fsp3) is 0.250. The van der Waals surface area contributed by atoms with Gasteiger partial charge in [-0.25, -0.2) is 0 Å². The van der Waals surface area contributed by atoms with Crippen LogP contribution >= 0.6 is 0 Å². The maximum absolute atomic E-state index is 13.3. The Morgan fingerprint density at radius 2 is 1.96 bits per heavy atom. The van der Waals surface area contributed by atoms with E-state index in [1.54, 1.807) is 34.1 Å². The van der Waals surface area contributed by atoms with Gasteiger partial charge in [-0.2, -0.15) is 13.9 Å². The average molecular weight is 384 g/mol. The fourth-order valence-electron chi connectivity index (χ4n) is 3.42. The third-order valence-electron chi connectivity index (χ3n) is 4.69. The van der Waals surface area contributed by atoms with Crippen LogP contribution in [0.4, 0.5) is 14.5 Å². The van der Waals surface area contributed by atoms with Crippen LogP contribution in [0, 0.1) is 6.92 Å². The van der Waals surface area contributed by atoms with Crippen molar-refractivity contribution in [3.63, 3.8) is 0 Å². The van der Waals surface area contributed by atoms with E-state index in [1.165, 1.54) is 12.1 Å². The summed E-state index contributed by atoms with van der Waals surface area (Å²) in [6.45, 7) is 1.41. The smallest absolute Gasteiger partial charge is 0.387 e. The van der Waals surface area contributed by atoms with Gasteiger partial charge >= 0.3 is 6.61 Å². The molecule has 0 bridgehead atoms. The standard InChI is InChI=1S/C20H18F2N4O2/c1-12-9-14(7-8-23-12)17-10-24-26-13(2)11-25(19(27)18(17)26)15-3-5-16(6-4-15)28-20(21)22/h3-10,13,20H,11H2,1-2H3. The predicted molar refractivity (Wildman–Crippen MR) is 99.7 cm³/mol. The number of hydrogen-bond donors (Lipinski definition) is 0. The summed E-state index contributed by atoms with van der Waals surface area (Å²) in [6, 6.07) is 9.77. The maximum atomic E-state index is 13.3. The fourth-order valence-corrected chi connectivity index (χ4v) is 3.42. The number of nitrogens with zero attached hydrogens (tertiary/aromatic N) is 4. The third kappa shape index (κ3) is 3.21. The molecule has 2 aromatic heterocycles. The second-order valence-corrected chi connectivity index (χ2v) is 6.67. The average Bonchev–Trinajstić information content (AvgIpc) is 3.11. The summed E-state index contributed by atoms with van der Waals surface area (Å²) in [7, 11) is 0. The van der Waals surface area contributed by atoms with E-state index in [-0.39, 0.29) is 17.7 Å². The van der Waals surface area contributed by atoms with Crippen LogP contribution in [-0.2, 0) is 0 Å². The molecule has 3 aromatic rings. The molecule has 0 saturated carbocycles. The molecule has 1 aromatic carbocycles. The van der Waals surface area contributed by atoms with E-state index in [0.29, 0.717) is 17.9 Å². The van der Waals surface area contributed by atoms with Crippen molar-refractivity contribution in [2.45, 2.75) is 26.5 Å². The molecule has 6 nitrogen and oxygen atoms in total. The Morgan fingerprint density at radius 1 is 1.21 bits per heavy atom. The Balaban J connectivity index is 1.70. The predicted octanol–water partition coefficient (Wildman–Crippen LogP) is 4.08. The lowest BCUT2D eigenvalue weighted by Crippen LogP contribution is -2.42. The van der Waals surface area contributed by atoms with Crippen molar-refractivity contribution in [2.75, 3.05) is 11.4 Å². The van der Waals surface area contributed by atoms with Crippen molar-refractivity contribution in [3.8, 4) is 16.9 Å². The number of alkyl halides is 2. The number of rotatable bonds is 4. The monoisotopic (exact) mass is 384 g/mol. The number of fused-ring (bicyclic) bond motifs is 1. The first-order valence-corrected chi connectivity index (χ1v) is 8.81. The van der Waals surface area contributed by atoms with E-state index in [1.807, 2.05) is 26.0 Å². The Bertz CT molecular complexity index is 1020. The molecule has 0 N–H and O–H groups in total. The van der Waals surface area contributed by atoms with Crippen LogP contribution in [-0.4, -0.2) is 33.8 Å². The first-order valence-electron chi connectivity index (χ1n) is 8.81. The highest BCUT2D eigenvalue weighted by Crippen LogP contribution is 2.33. The van der Waals surface area contributed by atoms with Gasteiger partial charge in [0.2, 0.25) is 0 Å². The molecule has 0 fully saturated rings. The molecule has 0 aliphatic carbocycles. The number of carbonyl (C=O) groups excluding carboxylic acids is 1. The number of ether oxygens (including phenoxy) is 1. The highest BCUT2D eigenvalue weighted by atomic mass is 19.3. The number of benzene rings is 1. The van der Waals surface area contributed by atoms with Crippen molar-refractivity contribution in [1.29, 1.82) is 0 Å². The second kappa shape index (κ2) is 7.03. The van der Waals surface area contributed by atoms with Gasteiger partial charge in [0.1, 0.15) is 11.4 Å². The number of halogens is 2. The van der Waals surface area contributed by atoms with Crippen molar-refractivity contribution >= 4 is 11.6 Å². The molecule has 4 rings (SSSR count). The van der Waals surface area contributed by atoms with Crippen LogP contribution in [0.15, 0.2) is 48.8 Å². The summed E-state index contributed by atoms with van der Waals surface area (Å²) in [6.07, 6.45) is 3.40. The van der Waals surface area contributed by atoms with Gasteiger partial charge in [0.15, 0.2) is 0 Å². The van der Waals surface area contributed by atoms with Crippen molar-refractivity contribution < 1.29 is 18.3 Å². The van der Waals surface area contributed by atoms with E-state index in [9.17, 15) is 13.6 Å². The zero-order chi connectivity index (χ0) is 19.8. The minimum Gasteiger partial charge on any atom is -0.435 e. The molecule has 1 unspecified atom stereocenters. The number of aryl methyl sites for hydroxylation is 1. The van der Waals surface area contributed by atoms with Gasteiger partial charge in [-0.3, -0.25) is 14.5 Å². The van der Waals surface area contributed by atoms with Gasteiger partial charge in [-0.05, 0) is 55.8 Å². The van der Waals surface area contributed by atoms with Crippen molar-refractivity contribution in [3.05, 3.63) is 60.2 Å². The topological polar surface area (TPSA) is 60.2 Å². The maximum Gasteiger partial charge on any atom is 0.387 e. The molecule has 1 amide bonds. The van der Waals surface area contributed by atoms with Crippen molar-refractivity contribution in [1.82, 2.24) is 14.8 Å². The van der Waals surface area contributed by atoms with Crippen molar-refractivity contribution in [2.24, 2.45) is 0 Å². The van der Waals surface area contributed by atoms with E-state index < -0.39 is 6.61 Å². The summed E-state index contributed by atoms with van der Waals surface area (Å²) in [4.78, 5) is 19.1. The number of amides is 1. The zero-order valence-electron chi connectivity index (χ0n) is 15.3. The number of hydrogen-bond acceptors (Lipinski definition) is 4. The summed E-state index contributed by atoms with van der Waals surface area (Å²) >= 11 is 0. The second-order valence-electron chi connectivity index (χ2n) is 6.67. The molecule has 1 aliphatic heterocycles. The molecule has 0 spiro atoms. The van der Waals surface area contributed by atoms with E-state index in [0.717, 1.165) is 16.8 Å². The van der Waals surface area contributed by atoms with E-state index in [4.69, 9.17) is 0 Å². The van der Waals surface area contributed by atoms with Gasteiger partial charge < -0.3 is 9.64 Å². The molecule has 8 heteroatoms. The Morgan fingerprint density at radius 3 is 2.64 bits per heavy atom. The highest BCUT2D eigenvalue weighted by Gasteiger charge is 2.33. The van der Waals surface area contributed by atoms with E-state index in [2.05, 4.69) is 14.8 Å². The van der Waals surface area contributed by atoms with Crippen LogP contribution in [0.2, 0.25) is 0 Å². The van der Waals surface area contributed by atoms with Crippen LogP contribution in [0.5, 0.6) is 5.75 Å². The first kappa shape index (κ1) is 18.1. The zero-order valence-corrected chi connectivity index (χ0v) is 15.3. The molecule has 144 valence electrons. The van der Waals surface area contributed by atoms with Gasteiger partial charge in [0, 0.05) is 29.7 Å². The van der Waals surface area contributed by atoms with Gasteiger partial charge in [0.05, 0.1) is 12.2 Å². The summed E-state index contributed by atoms with van der Waals surface area (Å²) in [5, 5.41) is 4.41. The number of aromatic nitrogens is 3. The number of anilines is 1. The molecule has 0 saturated heterocycles. The summed E-state index contributed by atoms with van der Waals surface area (Å²) in [5.74, 6) is -0.142. The Kier molecular flexibility index (Phi) is 4.54. The minimum atomic E-state index is -2.89. The minimum absolute atomic E-state index is 0.0404.